The molecular weight excluding hydrogens is 370 g/mol. The van der Waals surface area contributed by atoms with Crippen LogP contribution in [0.3, 0.4) is 0 Å². The van der Waals surface area contributed by atoms with Gasteiger partial charge in [0.2, 0.25) is 5.91 Å². The number of likely N-dealkylation sites (tertiary alicyclic amines) is 1. The fraction of sp³-hybridized carbons (Fsp3) is 0.471. The maximum Gasteiger partial charge on any atom is 0.269 e. The molecule has 3 rings (SSSR count). The zero-order valence-electron chi connectivity index (χ0n) is 15.0. The zero-order chi connectivity index (χ0) is 19.2. The van der Waals surface area contributed by atoms with E-state index in [0.29, 0.717) is 22.5 Å². The monoisotopic (exact) mass is 391 g/mol. The number of hydrogen-bond donors (Lipinski definition) is 0. The molecule has 2 heterocycles. The number of aromatic nitrogens is 3. The van der Waals surface area contributed by atoms with E-state index in [1.54, 1.807) is 16.7 Å². The molecule has 0 aliphatic carbocycles. The molecule has 1 amide bonds. The van der Waals surface area contributed by atoms with Crippen molar-refractivity contribution in [2.45, 2.75) is 31.0 Å². The molecule has 1 saturated heterocycles. The molecule has 0 bridgehead atoms. The summed E-state index contributed by atoms with van der Waals surface area (Å²) >= 11 is 1.36. The molecule has 1 aromatic carbocycles. The van der Waals surface area contributed by atoms with Crippen LogP contribution in [0.15, 0.2) is 29.4 Å². The number of nitrogens with zero attached hydrogens (tertiary/aromatic N) is 5. The molecular formula is C17H21N5O4S. The van der Waals surface area contributed by atoms with E-state index in [1.165, 1.54) is 30.3 Å². The number of nitro benzene ring substituents is 1. The summed E-state index contributed by atoms with van der Waals surface area (Å²) in [5.41, 5.74) is 0.0121. The Hall–Kier alpha value is -2.62. The number of thioether (sulfide) groups is 1. The minimum Gasteiger partial charge on any atom is -0.486 e. The molecule has 1 fully saturated rings. The topological polar surface area (TPSA) is 103 Å². The third-order valence-electron chi connectivity index (χ3n) is 4.37. The summed E-state index contributed by atoms with van der Waals surface area (Å²) in [7, 11) is 1.82. The number of ether oxygens (including phenoxy) is 1. The lowest BCUT2D eigenvalue weighted by atomic mass is 10.1. The lowest BCUT2D eigenvalue weighted by Crippen LogP contribution is -2.36. The Balaban J connectivity index is 1.52. The highest BCUT2D eigenvalue weighted by Crippen LogP contribution is 2.20. The van der Waals surface area contributed by atoms with Gasteiger partial charge in [-0.1, -0.05) is 11.8 Å². The van der Waals surface area contributed by atoms with Crippen molar-refractivity contribution in [2.75, 3.05) is 18.8 Å². The Labute approximate surface area is 160 Å². The van der Waals surface area contributed by atoms with Crippen molar-refractivity contribution in [2.24, 2.45) is 7.05 Å². The number of hydrogen-bond acceptors (Lipinski definition) is 7. The number of benzene rings is 1. The SMILES string of the molecule is Cn1c(COc2ccc([N+](=O)[O-])cc2)nnc1SCC(=O)N1CCCCC1. The predicted molar refractivity (Wildman–Crippen MR) is 99.6 cm³/mol. The fourth-order valence-corrected chi connectivity index (χ4v) is 3.60. The van der Waals surface area contributed by atoms with E-state index in [4.69, 9.17) is 4.74 Å². The normalized spacial score (nSPS) is 14.2. The number of carbonyl (C=O) groups excluding carboxylic acids is 1. The molecule has 0 unspecified atom stereocenters. The molecule has 0 atom stereocenters. The number of amides is 1. The van der Waals surface area contributed by atoms with Crippen LogP contribution < -0.4 is 4.74 Å². The number of rotatable bonds is 7. The van der Waals surface area contributed by atoms with E-state index in [-0.39, 0.29) is 18.2 Å². The summed E-state index contributed by atoms with van der Waals surface area (Å²) in [5.74, 6) is 1.60. The van der Waals surface area contributed by atoms with Gasteiger partial charge in [-0.2, -0.15) is 0 Å². The first-order valence-electron chi connectivity index (χ1n) is 8.70. The van der Waals surface area contributed by atoms with E-state index in [1.807, 2.05) is 11.9 Å². The van der Waals surface area contributed by atoms with Gasteiger partial charge in [0.25, 0.3) is 5.69 Å². The molecule has 0 radical (unpaired) electrons. The highest BCUT2D eigenvalue weighted by molar-refractivity contribution is 7.99. The molecule has 144 valence electrons. The van der Waals surface area contributed by atoms with Gasteiger partial charge in [-0.15, -0.1) is 10.2 Å². The molecule has 0 N–H and O–H groups in total. The molecule has 2 aromatic rings. The van der Waals surface area contributed by atoms with Crippen molar-refractivity contribution in [3.05, 3.63) is 40.2 Å². The van der Waals surface area contributed by atoms with Crippen molar-refractivity contribution in [1.82, 2.24) is 19.7 Å². The minimum absolute atomic E-state index is 0.0121. The van der Waals surface area contributed by atoms with Gasteiger partial charge in [0.05, 0.1) is 10.7 Å². The highest BCUT2D eigenvalue weighted by atomic mass is 32.2. The standard InChI is InChI=1S/C17H21N5O4S/c1-20-15(11-26-14-7-5-13(6-8-14)22(24)25)18-19-17(20)27-12-16(23)21-9-3-2-4-10-21/h5-8H,2-4,9-12H2,1H3. The van der Waals surface area contributed by atoms with Crippen LogP contribution in [0, 0.1) is 10.1 Å². The second-order valence-corrected chi connectivity index (χ2v) is 7.17. The van der Waals surface area contributed by atoms with Gasteiger partial charge in [0, 0.05) is 32.3 Å². The van der Waals surface area contributed by atoms with Gasteiger partial charge in [-0.3, -0.25) is 14.9 Å². The smallest absolute Gasteiger partial charge is 0.269 e. The Bertz CT molecular complexity index is 802. The van der Waals surface area contributed by atoms with E-state index < -0.39 is 4.92 Å². The largest absolute Gasteiger partial charge is 0.486 e. The van der Waals surface area contributed by atoms with Crippen LogP contribution in [0.1, 0.15) is 25.1 Å². The maximum atomic E-state index is 12.3. The molecule has 0 spiro atoms. The van der Waals surface area contributed by atoms with Gasteiger partial charge in [-0.05, 0) is 31.4 Å². The molecule has 27 heavy (non-hydrogen) atoms. The Morgan fingerprint density at radius 1 is 1.22 bits per heavy atom. The minimum atomic E-state index is -0.457. The number of carbonyl (C=O) groups is 1. The maximum absolute atomic E-state index is 12.3. The van der Waals surface area contributed by atoms with Crippen LogP contribution in [0.5, 0.6) is 5.75 Å². The van der Waals surface area contributed by atoms with Crippen molar-refractivity contribution in [1.29, 1.82) is 0 Å². The molecule has 1 aliphatic rings. The number of non-ortho nitro benzene ring substituents is 1. The molecule has 1 aromatic heterocycles. The van der Waals surface area contributed by atoms with E-state index in [9.17, 15) is 14.9 Å². The average molecular weight is 391 g/mol. The third kappa shape index (κ3) is 4.97. The summed E-state index contributed by atoms with van der Waals surface area (Å²) in [4.78, 5) is 24.4. The van der Waals surface area contributed by atoms with Gasteiger partial charge in [0.15, 0.2) is 11.0 Å². The zero-order valence-corrected chi connectivity index (χ0v) is 15.9. The fourth-order valence-electron chi connectivity index (χ4n) is 2.77. The summed E-state index contributed by atoms with van der Waals surface area (Å²) in [6.45, 7) is 1.86. The number of piperidine rings is 1. The summed E-state index contributed by atoms with van der Waals surface area (Å²) in [6.07, 6.45) is 3.34. The van der Waals surface area contributed by atoms with Crippen LogP contribution in [-0.2, 0) is 18.4 Å². The third-order valence-corrected chi connectivity index (χ3v) is 5.38. The van der Waals surface area contributed by atoms with Crippen LogP contribution in [0.4, 0.5) is 5.69 Å². The van der Waals surface area contributed by atoms with Gasteiger partial charge >= 0.3 is 0 Å². The number of nitro groups is 1. The Kier molecular flexibility index (Phi) is 6.28. The quantitative estimate of drug-likeness (QED) is 0.405. The van der Waals surface area contributed by atoms with Gasteiger partial charge < -0.3 is 14.2 Å². The van der Waals surface area contributed by atoms with Crippen LogP contribution in [0.25, 0.3) is 0 Å². The van der Waals surface area contributed by atoms with Crippen molar-refractivity contribution < 1.29 is 14.5 Å². The molecule has 10 heteroatoms. The first-order chi connectivity index (χ1) is 13.0. The van der Waals surface area contributed by atoms with Crippen LogP contribution in [-0.4, -0.2) is 49.3 Å². The molecule has 0 saturated carbocycles. The Morgan fingerprint density at radius 2 is 1.93 bits per heavy atom. The second-order valence-electron chi connectivity index (χ2n) is 6.23. The molecule has 1 aliphatic heterocycles. The predicted octanol–water partition coefficient (Wildman–Crippen LogP) is 2.41. The van der Waals surface area contributed by atoms with Gasteiger partial charge in [0.1, 0.15) is 12.4 Å². The van der Waals surface area contributed by atoms with Crippen LogP contribution in [0.2, 0.25) is 0 Å². The van der Waals surface area contributed by atoms with Gasteiger partial charge in [-0.25, -0.2) is 0 Å². The second kappa shape index (κ2) is 8.85. The van der Waals surface area contributed by atoms with Crippen molar-refractivity contribution in [3.63, 3.8) is 0 Å². The first kappa shape index (κ1) is 19.2. The molecule has 9 nitrogen and oxygen atoms in total. The summed E-state index contributed by atoms with van der Waals surface area (Å²) < 4.78 is 7.40. The highest BCUT2D eigenvalue weighted by Gasteiger charge is 2.18. The van der Waals surface area contributed by atoms with Crippen LogP contribution >= 0.6 is 11.8 Å². The summed E-state index contributed by atoms with van der Waals surface area (Å²) in [5, 5.41) is 19.5. The van der Waals surface area contributed by atoms with Crippen molar-refractivity contribution >= 4 is 23.4 Å². The van der Waals surface area contributed by atoms with Crippen molar-refractivity contribution in [3.8, 4) is 5.75 Å². The first-order valence-corrected chi connectivity index (χ1v) is 9.69. The van der Waals surface area contributed by atoms with E-state index >= 15 is 0 Å². The summed E-state index contributed by atoms with van der Waals surface area (Å²) in [6, 6.07) is 5.86. The van der Waals surface area contributed by atoms with E-state index in [0.717, 1.165) is 25.9 Å². The lowest BCUT2D eigenvalue weighted by molar-refractivity contribution is -0.384. The Morgan fingerprint density at radius 3 is 2.59 bits per heavy atom. The lowest BCUT2D eigenvalue weighted by Gasteiger charge is -2.26. The van der Waals surface area contributed by atoms with E-state index in [2.05, 4.69) is 10.2 Å². The average Bonchev–Trinajstić information content (AvgIpc) is 3.05.